The molecule has 1 aliphatic heterocycles. The topological polar surface area (TPSA) is 57.7 Å². The molecule has 0 amide bonds. The summed E-state index contributed by atoms with van der Waals surface area (Å²) in [6.45, 7) is 1.70. The smallest absolute Gasteiger partial charge is 0.141 e. The van der Waals surface area contributed by atoms with Crippen molar-refractivity contribution in [1.82, 2.24) is 25.1 Å². The molecule has 1 N–H and O–H groups in total. The molecule has 7 heteroatoms. The molecule has 0 radical (unpaired) electrons. The summed E-state index contributed by atoms with van der Waals surface area (Å²) in [6.07, 6.45) is 6.63. The largest absolute Gasteiger partial charge is 0.287 e. The summed E-state index contributed by atoms with van der Waals surface area (Å²) in [5, 5.41) is 8.09. The molecule has 1 atom stereocenters. The third kappa shape index (κ3) is 2.95. The van der Waals surface area contributed by atoms with E-state index in [1.54, 1.807) is 18.6 Å². The Hall–Kier alpha value is -1.17. The van der Waals surface area contributed by atoms with Crippen LogP contribution in [0.5, 0.6) is 0 Å². The van der Waals surface area contributed by atoms with Gasteiger partial charge in [-0.2, -0.15) is 5.10 Å². The molecule has 0 spiro atoms. The van der Waals surface area contributed by atoms with Crippen molar-refractivity contribution in [3.63, 3.8) is 0 Å². The second-order valence-electron chi connectivity index (χ2n) is 4.93. The van der Waals surface area contributed by atoms with Crippen LogP contribution in [-0.4, -0.2) is 31.6 Å². The summed E-state index contributed by atoms with van der Waals surface area (Å²) >= 11 is 12.1. The highest BCUT2D eigenvalue weighted by atomic mass is 35.5. The Balaban J connectivity index is 1.80. The van der Waals surface area contributed by atoms with Crippen molar-refractivity contribution >= 4 is 23.2 Å². The molecule has 20 heavy (non-hydrogen) atoms. The molecular weight excluding hydrogens is 297 g/mol. The number of nitrogens with one attached hydrogen (secondary N) is 1. The maximum atomic E-state index is 6.21. The summed E-state index contributed by atoms with van der Waals surface area (Å²) in [6, 6.07) is 1.98. The average molecular weight is 312 g/mol. The van der Waals surface area contributed by atoms with E-state index in [1.165, 1.54) is 12.8 Å². The van der Waals surface area contributed by atoms with Crippen LogP contribution in [0.4, 0.5) is 0 Å². The van der Waals surface area contributed by atoms with Crippen LogP contribution in [0, 0.1) is 0 Å². The van der Waals surface area contributed by atoms with Gasteiger partial charge in [-0.3, -0.25) is 15.0 Å². The maximum absolute atomic E-state index is 6.21. The summed E-state index contributed by atoms with van der Waals surface area (Å²) in [7, 11) is 0. The highest BCUT2D eigenvalue weighted by Gasteiger charge is 2.26. The van der Waals surface area contributed by atoms with E-state index in [2.05, 4.69) is 25.1 Å². The third-order valence-corrected chi connectivity index (χ3v) is 4.13. The van der Waals surface area contributed by atoms with Crippen LogP contribution in [0.1, 0.15) is 36.8 Å². The molecule has 106 valence electrons. The number of hydrogen-bond acceptors (Lipinski definition) is 4. The van der Waals surface area contributed by atoms with Crippen LogP contribution in [0.25, 0.3) is 0 Å². The van der Waals surface area contributed by atoms with Crippen LogP contribution >= 0.6 is 23.2 Å². The standard InChI is InChI=1S/C13H15Cl2N5/c14-9-5-10(15)11(16-6-9)7-20-4-2-1-3-12(20)13-17-8-18-19-13/h5-6,8,12H,1-4,7H2,(H,17,18,19)/t12-/m1/s1. The first-order valence-electron chi connectivity index (χ1n) is 6.63. The van der Waals surface area contributed by atoms with Crippen molar-refractivity contribution in [3.05, 3.63) is 40.2 Å². The number of aromatic amines is 1. The molecule has 1 fully saturated rings. The second kappa shape index (κ2) is 6.08. The Morgan fingerprint density at radius 1 is 1.30 bits per heavy atom. The number of pyridine rings is 1. The Kier molecular flexibility index (Phi) is 4.19. The fraction of sp³-hybridized carbons (Fsp3) is 0.462. The van der Waals surface area contributed by atoms with Crippen LogP contribution in [0.2, 0.25) is 10.0 Å². The zero-order chi connectivity index (χ0) is 13.9. The summed E-state index contributed by atoms with van der Waals surface area (Å²) < 4.78 is 0. The van der Waals surface area contributed by atoms with Gasteiger partial charge in [0.2, 0.25) is 0 Å². The first kappa shape index (κ1) is 13.8. The average Bonchev–Trinajstić information content (AvgIpc) is 2.96. The van der Waals surface area contributed by atoms with Gasteiger partial charge in [0.1, 0.15) is 12.2 Å². The molecule has 2 aromatic rings. The van der Waals surface area contributed by atoms with Gasteiger partial charge in [-0.15, -0.1) is 0 Å². The fourth-order valence-corrected chi connectivity index (χ4v) is 3.06. The van der Waals surface area contributed by atoms with Crippen molar-refractivity contribution in [1.29, 1.82) is 0 Å². The SMILES string of the molecule is Clc1cnc(CN2CCCC[C@@H]2c2ncn[nH]2)c(Cl)c1. The van der Waals surface area contributed by atoms with Gasteiger partial charge in [-0.05, 0) is 25.5 Å². The zero-order valence-electron chi connectivity index (χ0n) is 10.9. The van der Waals surface area contributed by atoms with Crippen LogP contribution < -0.4 is 0 Å². The normalized spacial score (nSPS) is 20.2. The Labute approximate surface area is 127 Å². The third-order valence-electron chi connectivity index (χ3n) is 3.60. The summed E-state index contributed by atoms with van der Waals surface area (Å²) in [4.78, 5) is 11.0. The lowest BCUT2D eigenvalue weighted by molar-refractivity contribution is 0.132. The van der Waals surface area contributed by atoms with E-state index in [0.717, 1.165) is 24.5 Å². The van der Waals surface area contributed by atoms with E-state index in [0.29, 0.717) is 16.6 Å². The van der Waals surface area contributed by atoms with Crippen molar-refractivity contribution < 1.29 is 0 Å². The summed E-state index contributed by atoms with van der Waals surface area (Å²) in [5.41, 5.74) is 0.850. The van der Waals surface area contributed by atoms with E-state index in [4.69, 9.17) is 23.2 Å². The van der Waals surface area contributed by atoms with Crippen molar-refractivity contribution in [2.75, 3.05) is 6.54 Å². The van der Waals surface area contributed by atoms with Gasteiger partial charge in [0.05, 0.1) is 21.8 Å². The van der Waals surface area contributed by atoms with E-state index in [-0.39, 0.29) is 6.04 Å². The van der Waals surface area contributed by atoms with E-state index >= 15 is 0 Å². The minimum atomic E-state index is 0.250. The van der Waals surface area contributed by atoms with Gasteiger partial charge in [-0.1, -0.05) is 29.6 Å². The van der Waals surface area contributed by atoms with E-state index < -0.39 is 0 Å². The Bertz CT molecular complexity index is 572. The van der Waals surface area contributed by atoms with Crippen molar-refractivity contribution in [2.24, 2.45) is 0 Å². The van der Waals surface area contributed by atoms with Gasteiger partial charge in [0, 0.05) is 12.7 Å². The highest BCUT2D eigenvalue weighted by molar-refractivity contribution is 6.34. The molecule has 2 aromatic heterocycles. The lowest BCUT2D eigenvalue weighted by Crippen LogP contribution is -2.34. The fourth-order valence-electron chi connectivity index (χ4n) is 2.62. The number of likely N-dealkylation sites (tertiary alicyclic amines) is 1. The zero-order valence-corrected chi connectivity index (χ0v) is 12.4. The van der Waals surface area contributed by atoms with Crippen molar-refractivity contribution in [3.8, 4) is 0 Å². The predicted octanol–water partition coefficient (Wildman–Crippen LogP) is 3.23. The van der Waals surface area contributed by atoms with Gasteiger partial charge in [-0.25, -0.2) is 4.98 Å². The van der Waals surface area contributed by atoms with Gasteiger partial charge >= 0.3 is 0 Å². The van der Waals surface area contributed by atoms with E-state index in [1.807, 2.05) is 0 Å². The summed E-state index contributed by atoms with van der Waals surface area (Å²) in [5.74, 6) is 0.912. The predicted molar refractivity (Wildman–Crippen MR) is 77.6 cm³/mol. The lowest BCUT2D eigenvalue weighted by atomic mass is 10.0. The molecular formula is C13H15Cl2N5. The minimum absolute atomic E-state index is 0.250. The highest BCUT2D eigenvalue weighted by Crippen LogP contribution is 2.31. The number of aromatic nitrogens is 4. The monoisotopic (exact) mass is 311 g/mol. The van der Waals surface area contributed by atoms with Crippen molar-refractivity contribution in [2.45, 2.75) is 31.8 Å². The van der Waals surface area contributed by atoms with E-state index in [9.17, 15) is 0 Å². The van der Waals surface area contributed by atoms with Gasteiger partial charge in [0.15, 0.2) is 0 Å². The molecule has 0 aromatic carbocycles. The molecule has 3 rings (SSSR count). The first-order chi connectivity index (χ1) is 9.74. The van der Waals surface area contributed by atoms with Gasteiger partial charge in [0.25, 0.3) is 0 Å². The Morgan fingerprint density at radius 2 is 2.20 bits per heavy atom. The number of hydrogen-bond donors (Lipinski definition) is 1. The molecule has 1 aliphatic rings. The van der Waals surface area contributed by atoms with Crippen LogP contribution in [0.3, 0.4) is 0 Å². The minimum Gasteiger partial charge on any atom is -0.287 e. The molecule has 1 saturated heterocycles. The molecule has 0 unspecified atom stereocenters. The molecule has 5 nitrogen and oxygen atoms in total. The number of nitrogens with zero attached hydrogens (tertiary/aromatic N) is 4. The molecule has 0 bridgehead atoms. The number of rotatable bonds is 3. The molecule has 3 heterocycles. The molecule has 0 saturated carbocycles. The van der Waals surface area contributed by atoms with Crippen LogP contribution in [-0.2, 0) is 6.54 Å². The van der Waals surface area contributed by atoms with Crippen LogP contribution in [0.15, 0.2) is 18.6 Å². The molecule has 0 aliphatic carbocycles. The number of piperidine rings is 1. The number of halogens is 2. The maximum Gasteiger partial charge on any atom is 0.141 e. The number of H-pyrrole nitrogens is 1. The quantitative estimate of drug-likeness (QED) is 0.945. The lowest BCUT2D eigenvalue weighted by Gasteiger charge is -2.34. The van der Waals surface area contributed by atoms with Gasteiger partial charge < -0.3 is 0 Å². The first-order valence-corrected chi connectivity index (χ1v) is 7.39. The second-order valence-corrected chi connectivity index (χ2v) is 5.78. The Morgan fingerprint density at radius 3 is 2.95 bits per heavy atom.